The van der Waals surface area contributed by atoms with Crippen LogP contribution >= 0.6 is 0 Å². The van der Waals surface area contributed by atoms with Crippen LogP contribution in [0.2, 0.25) is 0 Å². The van der Waals surface area contributed by atoms with E-state index in [1.807, 2.05) is 0 Å². The Labute approximate surface area is 72.7 Å². The number of carboxylic acids is 1. The zero-order valence-electron chi connectivity index (χ0n) is 7.45. The molecule has 0 amide bonds. The van der Waals surface area contributed by atoms with Gasteiger partial charge in [0.25, 0.3) is 0 Å². The van der Waals surface area contributed by atoms with Crippen LogP contribution in [0.1, 0.15) is 32.6 Å². The molecule has 0 saturated heterocycles. The second-order valence-electron chi connectivity index (χ2n) is 3.60. The van der Waals surface area contributed by atoms with Crippen molar-refractivity contribution in [3.8, 4) is 0 Å². The van der Waals surface area contributed by atoms with Gasteiger partial charge in [-0.05, 0) is 18.8 Å². The van der Waals surface area contributed by atoms with Gasteiger partial charge in [0.15, 0.2) is 0 Å². The molecular weight excluding hydrogens is 156 g/mol. The molecule has 0 aliphatic heterocycles. The van der Waals surface area contributed by atoms with Gasteiger partial charge in [0.2, 0.25) is 0 Å². The zero-order chi connectivity index (χ0) is 8.97. The van der Waals surface area contributed by atoms with E-state index in [0.29, 0.717) is 5.92 Å². The summed E-state index contributed by atoms with van der Waals surface area (Å²) < 4.78 is 5.22. The molecule has 70 valence electrons. The Balaban J connectivity index is 2.18. The monoisotopic (exact) mass is 172 g/mol. The van der Waals surface area contributed by atoms with Crippen LogP contribution in [-0.2, 0) is 9.53 Å². The summed E-state index contributed by atoms with van der Waals surface area (Å²) in [7, 11) is 0. The van der Waals surface area contributed by atoms with Crippen molar-refractivity contribution < 1.29 is 14.6 Å². The van der Waals surface area contributed by atoms with E-state index >= 15 is 0 Å². The third-order valence-electron chi connectivity index (χ3n) is 2.33. The molecule has 0 aromatic rings. The van der Waals surface area contributed by atoms with E-state index in [1.165, 1.54) is 12.8 Å². The van der Waals surface area contributed by atoms with E-state index in [4.69, 9.17) is 9.84 Å². The number of aliphatic carboxylic acids is 1. The molecule has 2 atom stereocenters. The van der Waals surface area contributed by atoms with Gasteiger partial charge in [-0.1, -0.05) is 19.8 Å². The molecule has 1 N–H and O–H groups in total. The maximum atomic E-state index is 10.2. The summed E-state index contributed by atoms with van der Waals surface area (Å²) in [6.45, 7) is 2.05. The highest BCUT2D eigenvalue weighted by Crippen LogP contribution is 2.25. The lowest BCUT2D eigenvalue weighted by Gasteiger charge is -2.26. The normalized spacial score (nSPS) is 30.1. The maximum Gasteiger partial charge on any atom is 0.329 e. The van der Waals surface area contributed by atoms with Crippen molar-refractivity contribution in [2.24, 2.45) is 5.92 Å². The minimum atomic E-state index is -0.867. The van der Waals surface area contributed by atoms with Gasteiger partial charge in [-0.15, -0.1) is 0 Å². The molecule has 1 aliphatic rings. The Morgan fingerprint density at radius 2 is 2.33 bits per heavy atom. The van der Waals surface area contributed by atoms with E-state index in [9.17, 15) is 4.79 Å². The lowest BCUT2D eigenvalue weighted by Crippen LogP contribution is -2.24. The lowest BCUT2D eigenvalue weighted by atomic mass is 9.89. The highest BCUT2D eigenvalue weighted by molar-refractivity contribution is 5.68. The fourth-order valence-electron chi connectivity index (χ4n) is 1.72. The summed E-state index contributed by atoms with van der Waals surface area (Å²) in [5, 5.41) is 8.39. The molecule has 1 rings (SSSR count). The molecule has 0 unspecified atom stereocenters. The van der Waals surface area contributed by atoms with E-state index in [1.54, 1.807) is 0 Å². The molecule has 0 aromatic heterocycles. The smallest absolute Gasteiger partial charge is 0.329 e. The van der Waals surface area contributed by atoms with Crippen LogP contribution in [0.25, 0.3) is 0 Å². The number of rotatable bonds is 3. The van der Waals surface area contributed by atoms with Crippen LogP contribution in [-0.4, -0.2) is 23.8 Å². The van der Waals surface area contributed by atoms with Crippen LogP contribution in [0.4, 0.5) is 0 Å². The van der Waals surface area contributed by atoms with Crippen molar-refractivity contribution in [1.82, 2.24) is 0 Å². The first-order valence-electron chi connectivity index (χ1n) is 4.52. The molecule has 3 heteroatoms. The molecule has 0 radical (unpaired) electrons. The Morgan fingerprint density at radius 3 is 2.92 bits per heavy atom. The van der Waals surface area contributed by atoms with Crippen LogP contribution < -0.4 is 0 Å². The van der Waals surface area contributed by atoms with Crippen LogP contribution in [0, 0.1) is 5.92 Å². The van der Waals surface area contributed by atoms with Crippen molar-refractivity contribution in [2.45, 2.75) is 38.7 Å². The second-order valence-corrected chi connectivity index (χ2v) is 3.60. The third kappa shape index (κ3) is 3.22. The predicted molar refractivity (Wildman–Crippen MR) is 45.0 cm³/mol. The zero-order valence-corrected chi connectivity index (χ0v) is 7.45. The summed E-state index contributed by atoms with van der Waals surface area (Å²) in [6, 6.07) is 0. The van der Waals surface area contributed by atoms with Gasteiger partial charge in [-0.2, -0.15) is 0 Å². The Bertz CT molecular complexity index is 156. The van der Waals surface area contributed by atoms with E-state index in [-0.39, 0.29) is 12.7 Å². The molecule has 1 saturated carbocycles. The van der Waals surface area contributed by atoms with Crippen LogP contribution in [0.3, 0.4) is 0 Å². The second kappa shape index (κ2) is 4.45. The highest BCUT2D eigenvalue weighted by Gasteiger charge is 2.19. The molecule has 1 aliphatic carbocycles. The number of ether oxygens (including phenoxy) is 1. The molecule has 1 fully saturated rings. The fourth-order valence-corrected chi connectivity index (χ4v) is 1.72. The van der Waals surface area contributed by atoms with Gasteiger partial charge in [0.1, 0.15) is 6.61 Å². The van der Waals surface area contributed by atoms with Gasteiger partial charge in [0, 0.05) is 0 Å². The van der Waals surface area contributed by atoms with Gasteiger partial charge >= 0.3 is 5.97 Å². The summed E-state index contributed by atoms with van der Waals surface area (Å²) in [5.41, 5.74) is 0. The first-order valence-corrected chi connectivity index (χ1v) is 4.52. The molecular formula is C9H16O3. The van der Waals surface area contributed by atoms with Crippen molar-refractivity contribution in [1.29, 1.82) is 0 Å². The summed E-state index contributed by atoms with van der Waals surface area (Å²) in [4.78, 5) is 10.2. The number of carbonyl (C=O) groups is 1. The number of carboxylic acid groups (broad SMARTS) is 1. The summed E-state index contributed by atoms with van der Waals surface area (Å²) >= 11 is 0. The third-order valence-corrected chi connectivity index (χ3v) is 2.33. The van der Waals surface area contributed by atoms with E-state index < -0.39 is 5.97 Å². The van der Waals surface area contributed by atoms with Gasteiger partial charge in [0.05, 0.1) is 6.10 Å². The molecule has 0 bridgehead atoms. The fraction of sp³-hybridized carbons (Fsp3) is 0.889. The van der Waals surface area contributed by atoms with Gasteiger partial charge in [-0.3, -0.25) is 0 Å². The van der Waals surface area contributed by atoms with Crippen LogP contribution in [0.5, 0.6) is 0 Å². The minimum absolute atomic E-state index is 0.141. The molecule has 0 aromatic carbocycles. The summed E-state index contributed by atoms with van der Waals surface area (Å²) in [5.74, 6) is -0.175. The molecule has 3 nitrogen and oxygen atoms in total. The van der Waals surface area contributed by atoms with Crippen molar-refractivity contribution in [3.63, 3.8) is 0 Å². The Kier molecular flexibility index (Phi) is 3.53. The Hall–Kier alpha value is -0.570. The predicted octanol–water partition coefficient (Wildman–Crippen LogP) is 1.67. The molecule has 0 heterocycles. The van der Waals surface area contributed by atoms with Crippen molar-refractivity contribution >= 4 is 5.97 Å². The SMILES string of the molecule is C[C@H]1CCC[C@H](OCC(=O)O)C1. The van der Waals surface area contributed by atoms with Crippen molar-refractivity contribution in [2.75, 3.05) is 6.61 Å². The number of hydrogen-bond acceptors (Lipinski definition) is 2. The average molecular weight is 172 g/mol. The van der Waals surface area contributed by atoms with Gasteiger partial charge in [-0.25, -0.2) is 4.79 Å². The largest absolute Gasteiger partial charge is 0.480 e. The standard InChI is InChI=1S/C9H16O3/c1-7-3-2-4-8(5-7)12-6-9(10)11/h7-8H,2-6H2,1H3,(H,10,11)/t7-,8-/m0/s1. The topological polar surface area (TPSA) is 46.5 Å². The quantitative estimate of drug-likeness (QED) is 0.704. The highest BCUT2D eigenvalue weighted by atomic mass is 16.5. The Morgan fingerprint density at radius 1 is 1.58 bits per heavy atom. The van der Waals surface area contributed by atoms with E-state index in [2.05, 4.69) is 6.92 Å². The van der Waals surface area contributed by atoms with E-state index in [0.717, 1.165) is 12.8 Å². The molecule has 0 spiro atoms. The van der Waals surface area contributed by atoms with Crippen LogP contribution in [0.15, 0.2) is 0 Å². The van der Waals surface area contributed by atoms with Gasteiger partial charge < -0.3 is 9.84 Å². The number of hydrogen-bond donors (Lipinski definition) is 1. The first kappa shape index (κ1) is 9.52. The maximum absolute atomic E-state index is 10.2. The summed E-state index contributed by atoms with van der Waals surface area (Å²) in [6.07, 6.45) is 4.66. The first-order chi connectivity index (χ1) is 5.68. The van der Waals surface area contributed by atoms with Crippen molar-refractivity contribution in [3.05, 3.63) is 0 Å². The molecule has 12 heavy (non-hydrogen) atoms. The minimum Gasteiger partial charge on any atom is -0.480 e. The average Bonchev–Trinajstić information content (AvgIpc) is 2.01. The lowest BCUT2D eigenvalue weighted by molar-refractivity contribution is -0.145.